The Morgan fingerprint density at radius 3 is 2.30 bits per heavy atom. The summed E-state index contributed by atoms with van der Waals surface area (Å²) in [5.41, 5.74) is 1.07. The first-order valence-electron chi connectivity index (χ1n) is 7.80. The minimum atomic E-state index is -0.516. The molecule has 6 heteroatoms. The minimum Gasteiger partial charge on any atom is -0.462 e. The van der Waals surface area contributed by atoms with Crippen LogP contribution >= 0.6 is 0 Å². The monoisotopic (exact) mass is 320 g/mol. The molecule has 0 fully saturated rings. The second-order valence-electron chi connectivity index (χ2n) is 5.32. The zero-order valence-electron chi connectivity index (χ0n) is 13.9. The van der Waals surface area contributed by atoms with E-state index in [9.17, 15) is 14.4 Å². The van der Waals surface area contributed by atoms with Gasteiger partial charge in [0, 0.05) is 19.5 Å². The van der Waals surface area contributed by atoms with Crippen molar-refractivity contribution in [1.29, 1.82) is 0 Å². The number of carbonyl (C=O) groups is 3. The molecule has 0 saturated heterocycles. The standard InChI is InChI=1S/C17H24N2O4/c1-4-5-6-7-10-23-17(22)15-11-14(18-12(2)20)8-9-16(15)19-13(3)21/h8-9,11H,4-7,10H2,1-3H3,(H,18,20)(H,19,21). The van der Waals surface area contributed by atoms with Crippen molar-refractivity contribution in [2.75, 3.05) is 17.2 Å². The normalized spacial score (nSPS) is 10.0. The van der Waals surface area contributed by atoms with Gasteiger partial charge < -0.3 is 15.4 Å². The van der Waals surface area contributed by atoms with Gasteiger partial charge in [0.05, 0.1) is 17.9 Å². The molecule has 0 radical (unpaired) electrons. The maximum absolute atomic E-state index is 12.2. The van der Waals surface area contributed by atoms with E-state index in [2.05, 4.69) is 17.6 Å². The van der Waals surface area contributed by atoms with Crippen molar-refractivity contribution in [1.82, 2.24) is 0 Å². The van der Waals surface area contributed by atoms with Crippen molar-refractivity contribution < 1.29 is 19.1 Å². The van der Waals surface area contributed by atoms with Crippen LogP contribution in [-0.4, -0.2) is 24.4 Å². The zero-order chi connectivity index (χ0) is 17.2. The van der Waals surface area contributed by atoms with Crippen LogP contribution in [0.25, 0.3) is 0 Å². The predicted octanol–water partition coefficient (Wildman–Crippen LogP) is 3.34. The van der Waals surface area contributed by atoms with Gasteiger partial charge >= 0.3 is 5.97 Å². The van der Waals surface area contributed by atoms with E-state index in [1.54, 1.807) is 12.1 Å². The van der Waals surface area contributed by atoms with E-state index >= 15 is 0 Å². The Bertz CT molecular complexity index is 570. The minimum absolute atomic E-state index is 0.224. The van der Waals surface area contributed by atoms with Crippen LogP contribution in [0.15, 0.2) is 18.2 Å². The van der Waals surface area contributed by atoms with Gasteiger partial charge in [-0.15, -0.1) is 0 Å². The Labute approximate surface area is 136 Å². The fourth-order valence-electron chi connectivity index (χ4n) is 2.06. The van der Waals surface area contributed by atoms with Crippen molar-refractivity contribution in [3.63, 3.8) is 0 Å². The number of carbonyl (C=O) groups excluding carboxylic acids is 3. The molecule has 1 rings (SSSR count). The van der Waals surface area contributed by atoms with Crippen molar-refractivity contribution in [2.45, 2.75) is 46.5 Å². The molecule has 23 heavy (non-hydrogen) atoms. The van der Waals surface area contributed by atoms with Crippen LogP contribution in [-0.2, 0) is 14.3 Å². The number of rotatable bonds is 8. The molecule has 1 aromatic carbocycles. The van der Waals surface area contributed by atoms with E-state index < -0.39 is 5.97 Å². The third-order valence-corrected chi connectivity index (χ3v) is 3.10. The SMILES string of the molecule is CCCCCCOC(=O)c1cc(NC(C)=O)ccc1NC(C)=O. The number of amides is 2. The maximum atomic E-state index is 12.2. The Morgan fingerprint density at radius 2 is 1.70 bits per heavy atom. The van der Waals surface area contributed by atoms with Crippen molar-refractivity contribution in [2.24, 2.45) is 0 Å². The highest BCUT2D eigenvalue weighted by molar-refractivity contribution is 6.02. The highest BCUT2D eigenvalue weighted by atomic mass is 16.5. The summed E-state index contributed by atoms with van der Waals surface area (Å²) >= 11 is 0. The van der Waals surface area contributed by atoms with Gasteiger partial charge in [0.25, 0.3) is 0 Å². The summed E-state index contributed by atoms with van der Waals surface area (Å²) in [6.07, 6.45) is 4.03. The number of ether oxygens (including phenoxy) is 1. The molecule has 0 saturated carbocycles. The topological polar surface area (TPSA) is 84.5 Å². The number of nitrogens with one attached hydrogen (secondary N) is 2. The largest absolute Gasteiger partial charge is 0.462 e. The molecule has 0 aliphatic rings. The first-order valence-corrected chi connectivity index (χ1v) is 7.80. The summed E-state index contributed by atoms with van der Waals surface area (Å²) in [4.78, 5) is 34.6. The molecule has 1 aromatic rings. The number of esters is 1. The smallest absolute Gasteiger partial charge is 0.340 e. The predicted molar refractivity (Wildman–Crippen MR) is 89.5 cm³/mol. The fraction of sp³-hybridized carbons (Fsp3) is 0.471. The summed E-state index contributed by atoms with van der Waals surface area (Å²) in [5.74, 6) is -1.04. The summed E-state index contributed by atoms with van der Waals surface area (Å²) in [7, 11) is 0. The molecule has 2 amide bonds. The zero-order valence-corrected chi connectivity index (χ0v) is 13.9. The Morgan fingerprint density at radius 1 is 1.00 bits per heavy atom. The average molecular weight is 320 g/mol. The molecule has 126 valence electrons. The second kappa shape index (κ2) is 9.61. The van der Waals surface area contributed by atoms with E-state index in [1.807, 2.05) is 0 Å². The van der Waals surface area contributed by atoms with Crippen LogP contribution in [0.1, 0.15) is 56.8 Å². The van der Waals surface area contributed by atoms with Gasteiger partial charge in [-0.1, -0.05) is 26.2 Å². The molecule has 0 aromatic heterocycles. The molecular formula is C17H24N2O4. The van der Waals surface area contributed by atoms with Gasteiger partial charge in [0.1, 0.15) is 0 Å². The van der Waals surface area contributed by atoms with Gasteiger partial charge in [0.2, 0.25) is 11.8 Å². The van der Waals surface area contributed by atoms with Crippen LogP contribution in [0.2, 0.25) is 0 Å². The molecule has 0 heterocycles. The van der Waals surface area contributed by atoms with Crippen LogP contribution < -0.4 is 10.6 Å². The summed E-state index contributed by atoms with van der Waals surface area (Å²) in [5, 5.41) is 5.20. The summed E-state index contributed by atoms with van der Waals surface area (Å²) in [6, 6.07) is 4.69. The van der Waals surface area contributed by atoms with Gasteiger partial charge in [-0.2, -0.15) is 0 Å². The summed E-state index contributed by atoms with van der Waals surface area (Å²) < 4.78 is 5.25. The molecule has 0 unspecified atom stereocenters. The van der Waals surface area contributed by atoms with E-state index in [4.69, 9.17) is 4.74 Å². The van der Waals surface area contributed by atoms with Crippen LogP contribution in [0, 0.1) is 0 Å². The van der Waals surface area contributed by atoms with Crippen molar-refractivity contribution in [3.05, 3.63) is 23.8 Å². The third kappa shape index (κ3) is 6.95. The summed E-state index contributed by atoms with van der Waals surface area (Å²) in [6.45, 7) is 5.19. The molecule has 0 spiro atoms. The van der Waals surface area contributed by atoms with Crippen LogP contribution in [0.4, 0.5) is 11.4 Å². The lowest BCUT2D eigenvalue weighted by Crippen LogP contribution is -2.15. The third-order valence-electron chi connectivity index (χ3n) is 3.10. The highest BCUT2D eigenvalue weighted by Gasteiger charge is 2.15. The second-order valence-corrected chi connectivity index (χ2v) is 5.32. The molecular weight excluding hydrogens is 296 g/mol. The molecule has 0 bridgehead atoms. The molecule has 0 aliphatic carbocycles. The molecule has 0 atom stereocenters. The van der Waals surface area contributed by atoms with Crippen LogP contribution in [0.3, 0.4) is 0 Å². The van der Waals surface area contributed by atoms with E-state index in [-0.39, 0.29) is 17.4 Å². The lowest BCUT2D eigenvalue weighted by molar-refractivity contribution is -0.115. The Kier molecular flexibility index (Phi) is 7.80. The number of unbranched alkanes of at least 4 members (excludes halogenated alkanes) is 3. The molecule has 0 aliphatic heterocycles. The van der Waals surface area contributed by atoms with E-state index in [1.165, 1.54) is 19.9 Å². The number of anilines is 2. The molecule has 2 N–H and O–H groups in total. The van der Waals surface area contributed by atoms with Crippen molar-refractivity contribution >= 4 is 29.2 Å². The first kappa shape index (κ1) is 18.7. The molecule has 6 nitrogen and oxygen atoms in total. The lowest BCUT2D eigenvalue weighted by Gasteiger charge is -2.12. The van der Waals surface area contributed by atoms with Crippen LogP contribution in [0.5, 0.6) is 0 Å². The Balaban J connectivity index is 2.83. The van der Waals surface area contributed by atoms with Gasteiger partial charge in [-0.25, -0.2) is 4.79 Å². The van der Waals surface area contributed by atoms with Gasteiger partial charge in [0.15, 0.2) is 0 Å². The van der Waals surface area contributed by atoms with Gasteiger partial charge in [-0.05, 0) is 24.6 Å². The maximum Gasteiger partial charge on any atom is 0.340 e. The van der Waals surface area contributed by atoms with Gasteiger partial charge in [-0.3, -0.25) is 9.59 Å². The quantitative estimate of drug-likeness (QED) is 0.568. The van der Waals surface area contributed by atoms with E-state index in [0.29, 0.717) is 18.0 Å². The van der Waals surface area contributed by atoms with E-state index in [0.717, 1.165) is 25.7 Å². The average Bonchev–Trinajstić information content (AvgIpc) is 2.47. The van der Waals surface area contributed by atoms with Crippen molar-refractivity contribution in [3.8, 4) is 0 Å². The lowest BCUT2D eigenvalue weighted by atomic mass is 10.1. The number of hydrogen-bond donors (Lipinski definition) is 2. The fourth-order valence-corrected chi connectivity index (χ4v) is 2.06. The number of hydrogen-bond acceptors (Lipinski definition) is 4. The Hall–Kier alpha value is -2.37. The highest BCUT2D eigenvalue weighted by Crippen LogP contribution is 2.22. The number of benzene rings is 1. The first-order chi connectivity index (χ1) is 10.9.